The first-order chi connectivity index (χ1) is 9.31. The van der Waals surface area contributed by atoms with Crippen molar-refractivity contribution in [1.82, 2.24) is 15.3 Å². The second kappa shape index (κ2) is 5.67. The fraction of sp³-hybridized carbons (Fsp3) is 0.286. The number of hydrogen-bond donors (Lipinski definition) is 2. The largest absolute Gasteiger partial charge is 0.353 e. The van der Waals surface area contributed by atoms with Gasteiger partial charge in [-0.3, -0.25) is 0 Å². The molecule has 0 saturated heterocycles. The number of aromatic nitrogens is 2. The summed E-state index contributed by atoms with van der Waals surface area (Å²) < 4.78 is 0.891. The van der Waals surface area contributed by atoms with E-state index in [1.807, 2.05) is 0 Å². The van der Waals surface area contributed by atoms with E-state index in [1.54, 1.807) is 12.4 Å². The third-order valence-electron chi connectivity index (χ3n) is 3.29. The van der Waals surface area contributed by atoms with Gasteiger partial charge in [-0.15, -0.1) is 0 Å². The van der Waals surface area contributed by atoms with Crippen molar-refractivity contribution in [1.29, 1.82) is 0 Å². The molecular weight excluding hydrogens is 304 g/mol. The molecule has 1 unspecified atom stereocenters. The second-order valence-electron chi connectivity index (χ2n) is 4.66. The number of nitrogens with zero attached hydrogens (tertiary/aromatic N) is 2. The highest BCUT2D eigenvalue weighted by atomic mass is 79.9. The van der Waals surface area contributed by atoms with Crippen LogP contribution < -0.4 is 10.6 Å². The number of nitrogens with one attached hydrogen (secondary N) is 2. The van der Waals surface area contributed by atoms with E-state index >= 15 is 0 Å². The lowest BCUT2D eigenvalue weighted by atomic mass is 9.96. The Labute approximate surface area is 120 Å². The smallest absolute Gasteiger partial charge is 0.222 e. The van der Waals surface area contributed by atoms with Gasteiger partial charge in [-0.25, -0.2) is 9.97 Å². The van der Waals surface area contributed by atoms with E-state index in [4.69, 9.17) is 0 Å². The molecule has 2 N–H and O–H groups in total. The predicted octanol–water partition coefficient (Wildman–Crippen LogP) is 2.37. The van der Waals surface area contributed by atoms with Crippen molar-refractivity contribution < 1.29 is 0 Å². The maximum Gasteiger partial charge on any atom is 0.222 e. The molecule has 0 radical (unpaired) electrons. The van der Waals surface area contributed by atoms with Crippen LogP contribution in [-0.2, 0) is 13.0 Å². The fourth-order valence-corrected chi connectivity index (χ4v) is 2.49. The minimum atomic E-state index is 0.419. The van der Waals surface area contributed by atoms with Crippen LogP contribution in [0.2, 0.25) is 0 Å². The Kier molecular flexibility index (Phi) is 3.75. The molecule has 19 heavy (non-hydrogen) atoms. The summed E-state index contributed by atoms with van der Waals surface area (Å²) in [6, 6.07) is 9.01. The SMILES string of the molecule is Brc1cnc(NCC2Cc3ccccc3CN2)nc1. The standard InChI is InChI=1S/C14H15BrN4/c15-12-7-17-14(18-8-12)19-9-13-5-10-3-1-2-4-11(10)6-16-13/h1-4,7-8,13,16H,5-6,9H2,(H,17,18,19). The first-order valence-electron chi connectivity index (χ1n) is 6.33. The highest BCUT2D eigenvalue weighted by Gasteiger charge is 2.17. The van der Waals surface area contributed by atoms with E-state index in [9.17, 15) is 0 Å². The predicted molar refractivity (Wildman–Crippen MR) is 79.0 cm³/mol. The molecule has 2 aromatic rings. The molecule has 0 aliphatic carbocycles. The maximum absolute atomic E-state index is 4.21. The molecule has 1 aromatic heterocycles. The van der Waals surface area contributed by atoms with Gasteiger partial charge in [-0.2, -0.15) is 0 Å². The Hall–Kier alpha value is -1.46. The molecule has 0 spiro atoms. The number of halogens is 1. The molecule has 0 saturated carbocycles. The molecule has 2 heterocycles. The van der Waals surface area contributed by atoms with Crippen LogP contribution in [0.15, 0.2) is 41.1 Å². The van der Waals surface area contributed by atoms with Crippen molar-refractivity contribution in [2.24, 2.45) is 0 Å². The number of hydrogen-bond acceptors (Lipinski definition) is 4. The van der Waals surface area contributed by atoms with Crippen LogP contribution in [0.25, 0.3) is 0 Å². The minimum Gasteiger partial charge on any atom is -0.353 e. The molecular formula is C14H15BrN4. The van der Waals surface area contributed by atoms with Gasteiger partial charge >= 0.3 is 0 Å². The van der Waals surface area contributed by atoms with Gasteiger partial charge in [0.05, 0.1) is 4.47 Å². The normalized spacial score (nSPS) is 17.8. The van der Waals surface area contributed by atoms with Gasteiger partial charge in [0.15, 0.2) is 0 Å². The van der Waals surface area contributed by atoms with Crippen molar-refractivity contribution in [2.45, 2.75) is 19.0 Å². The molecule has 1 atom stereocenters. The first-order valence-corrected chi connectivity index (χ1v) is 7.12. The maximum atomic E-state index is 4.21. The lowest BCUT2D eigenvalue weighted by molar-refractivity contribution is 0.496. The lowest BCUT2D eigenvalue weighted by Gasteiger charge is -2.26. The molecule has 1 aliphatic rings. The topological polar surface area (TPSA) is 49.8 Å². The monoisotopic (exact) mass is 318 g/mol. The van der Waals surface area contributed by atoms with E-state index in [-0.39, 0.29) is 0 Å². The van der Waals surface area contributed by atoms with Crippen molar-refractivity contribution in [3.63, 3.8) is 0 Å². The van der Waals surface area contributed by atoms with E-state index in [1.165, 1.54) is 11.1 Å². The molecule has 0 bridgehead atoms. The lowest BCUT2D eigenvalue weighted by Crippen LogP contribution is -2.40. The highest BCUT2D eigenvalue weighted by Crippen LogP contribution is 2.16. The summed E-state index contributed by atoms with van der Waals surface area (Å²) in [6.45, 7) is 1.76. The molecule has 98 valence electrons. The van der Waals surface area contributed by atoms with E-state index < -0.39 is 0 Å². The van der Waals surface area contributed by atoms with E-state index in [0.29, 0.717) is 12.0 Å². The summed E-state index contributed by atoms with van der Waals surface area (Å²) in [7, 11) is 0. The number of benzene rings is 1. The van der Waals surface area contributed by atoms with Gasteiger partial charge in [-0.05, 0) is 33.5 Å². The third kappa shape index (κ3) is 3.11. The number of fused-ring (bicyclic) bond motifs is 1. The van der Waals surface area contributed by atoms with Crippen LogP contribution in [0.3, 0.4) is 0 Å². The molecule has 5 heteroatoms. The quantitative estimate of drug-likeness (QED) is 0.912. The van der Waals surface area contributed by atoms with Crippen LogP contribution in [0.4, 0.5) is 5.95 Å². The molecule has 0 fully saturated rings. The fourth-order valence-electron chi connectivity index (χ4n) is 2.28. The van der Waals surface area contributed by atoms with Crippen molar-refractivity contribution in [2.75, 3.05) is 11.9 Å². The van der Waals surface area contributed by atoms with Gasteiger partial charge in [0.25, 0.3) is 0 Å². The Balaban J connectivity index is 1.59. The van der Waals surface area contributed by atoms with Crippen molar-refractivity contribution >= 4 is 21.9 Å². The Morgan fingerprint density at radius 3 is 2.74 bits per heavy atom. The van der Waals surface area contributed by atoms with Crippen LogP contribution in [-0.4, -0.2) is 22.6 Å². The highest BCUT2D eigenvalue weighted by molar-refractivity contribution is 9.10. The molecule has 0 amide bonds. The van der Waals surface area contributed by atoms with Gasteiger partial charge in [0.1, 0.15) is 0 Å². The first kappa shape index (κ1) is 12.6. The van der Waals surface area contributed by atoms with E-state index in [0.717, 1.165) is 24.0 Å². The summed E-state index contributed by atoms with van der Waals surface area (Å²) in [5.74, 6) is 0.670. The van der Waals surface area contributed by atoms with Crippen LogP contribution in [0.5, 0.6) is 0 Å². The zero-order valence-corrected chi connectivity index (χ0v) is 12.0. The number of anilines is 1. The van der Waals surface area contributed by atoms with E-state index in [2.05, 4.69) is 60.8 Å². The van der Waals surface area contributed by atoms with Gasteiger partial charge in [0.2, 0.25) is 5.95 Å². The zero-order valence-electron chi connectivity index (χ0n) is 10.4. The molecule has 1 aliphatic heterocycles. The molecule has 4 nitrogen and oxygen atoms in total. The van der Waals surface area contributed by atoms with Gasteiger partial charge in [-0.1, -0.05) is 24.3 Å². The van der Waals surface area contributed by atoms with Gasteiger partial charge < -0.3 is 10.6 Å². The average molecular weight is 319 g/mol. The Morgan fingerprint density at radius 2 is 1.95 bits per heavy atom. The second-order valence-corrected chi connectivity index (χ2v) is 5.57. The summed E-state index contributed by atoms with van der Waals surface area (Å²) >= 11 is 3.33. The molecule has 1 aromatic carbocycles. The average Bonchev–Trinajstić information content (AvgIpc) is 2.46. The van der Waals surface area contributed by atoms with Crippen LogP contribution >= 0.6 is 15.9 Å². The van der Waals surface area contributed by atoms with Crippen molar-refractivity contribution in [3.8, 4) is 0 Å². The minimum absolute atomic E-state index is 0.419. The van der Waals surface area contributed by atoms with Gasteiger partial charge in [0, 0.05) is 31.5 Å². The van der Waals surface area contributed by atoms with Crippen molar-refractivity contribution in [3.05, 3.63) is 52.3 Å². The molecule has 3 rings (SSSR count). The number of rotatable bonds is 3. The Bertz CT molecular complexity index is 556. The third-order valence-corrected chi connectivity index (χ3v) is 3.70. The summed E-state index contributed by atoms with van der Waals surface area (Å²) in [6.07, 6.45) is 4.54. The Morgan fingerprint density at radius 1 is 1.21 bits per heavy atom. The zero-order chi connectivity index (χ0) is 13.1. The summed E-state index contributed by atoms with van der Waals surface area (Å²) in [5.41, 5.74) is 2.84. The summed E-state index contributed by atoms with van der Waals surface area (Å²) in [4.78, 5) is 8.42. The van der Waals surface area contributed by atoms with Crippen LogP contribution in [0, 0.1) is 0 Å². The summed E-state index contributed by atoms with van der Waals surface area (Å²) in [5, 5.41) is 6.80. The van der Waals surface area contributed by atoms with Crippen LogP contribution in [0.1, 0.15) is 11.1 Å².